The molecule has 3 N–H and O–H groups in total. The molecular formula is C19H20N2O2. The Hall–Kier alpha value is -2.75. The van der Waals surface area contributed by atoms with Crippen molar-refractivity contribution < 1.29 is 9.53 Å². The second-order valence-electron chi connectivity index (χ2n) is 5.99. The summed E-state index contributed by atoms with van der Waals surface area (Å²) >= 11 is 0. The van der Waals surface area contributed by atoms with E-state index in [0.29, 0.717) is 0 Å². The normalized spacial score (nSPS) is 13.7. The van der Waals surface area contributed by atoms with Crippen molar-refractivity contribution in [3.05, 3.63) is 65.9 Å². The average molecular weight is 308 g/mol. The van der Waals surface area contributed by atoms with E-state index in [0.717, 1.165) is 27.8 Å². The molecule has 4 heteroatoms. The third-order valence-electron chi connectivity index (χ3n) is 4.43. The van der Waals surface area contributed by atoms with Crippen LogP contribution in [0, 0.1) is 0 Å². The predicted octanol–water partition coefficient (Wildman–Crippen LogP) is 3.36. The Morgan fingerprint density at radius 2 is 1.96 bits per heavy atom. The molecule has 3 rings (SSSR count). The summed E-state index contributed by atoms with van der Waals surface area (Å²) in [5.74, 6) is 0.432. The third-order valence-corrected chi connectivity index (χ3v) is 4.43. The number of hydrogen-bond acceptors (Lipinski definition) is 2. The van der Waals surface area contributed by atoms with Gasteiger partial charge < -0.3 is 15.5 Å². The number of benzene rings is 2. The number of hydrogen-bond donors (Lipinski definition) is 2. The number of aromatic amines is 1. The molecule has 0 radical (unpaired) electrons. The molecule has 0 spiro atoms. The fourth-order valence-electron chi connectivity index (χ4n) is 3.08. The summed E-state index contributed by atoms with van der Waals surface area (Å²) in [5.41, 5.74) is 8.11. The Morgan fingerprint density at radius 3 is 2.70 bits per heavy atom. The van der Waals surface area contributed by atoms with Gasteiger partial charge in [-0.1, -0.05) is 31.2 Å². The summed E-state index contributed by atoms with van der Waals surface area (Å²) < 4.78 is 5.33. The molecule has 0 saturated heterocycles. The highest BCUT2D eigenvalue weighted by molar-refractivity contribution is 5.81. The molecule has 3 aromatic rings. The van der Waals surface area contributed by atoms with Crippen LogP contribution >= 0.6 is 0 Å². The summed E-state index contributed by atoms with van der Waals surface area (Å²) in [4.78, 5) is 14.9. The van der Waals surface area contributed by atoms with Gasteiger partial charge in [-0.05, 0) is 40.8 Å². The van der Waals surface area contributed by atoms with Crippen LogP contribution in [0.4, 0.5) is 0 Å². The second-order valence-corrected chi connectivity index (χ2v) is 5.99. The molecule has 0 bridgehead atoms. The molecule has 1 aromatic heterocycles. The molecule has 0 aliphatic carbocycles. The maximum Gasteiger partial charge on any atom is 0.218 e. The Bertz CT molecular complexity index is 853. The number of ether oxygens (including phenoxy) is 1. The van der Waals surface area contributed by atoms with E-state index in [1.54, 1.807) is 7.11 Å². The van der Waals surface area contributed by atoms with Crippen molar-refractivity contribution in [3.8, 4) is 5.75 Å². The minimum atomic E-state index is -0.514. The Labute approximate surface area is 135 Å². The number of carbonyl (C=O) groups is 1. The zero-order valence-electron chi connectivity index (χ0n) is 13.3. The lowest BCUT2D eigenvalue weighted by atomic mass is 9.73. The van der Waals surface area contributed by atoms with E-state index in [9.17, 15) is 4.79 Å². The summed E-state index contributed by atoms with van der Waals surface area (Å²) in [6, 6.07) is 16.0. The van der Waals surface area contributed by atoms with E-state index in [1.807, 2.05) is 43.5 Å². The fraction of sp³-hybridized carbons (Fsp3) is 0.211. The number of H-pyrrole nitrogens is 1. The van der Waals surface area contributed by atoms with Crippen molar-refractivity contribution in [3.63, 3.8) is 0 Å². The molecular weight excluding hydrogens is 288 g/mol. The highest BCUT2D eigenvalue weighted by Crippen LogP contribution is 2.37. The number of amides is 1. The summed E-state index contributed by atoms with van der Waals surface area (Å²) in [5, 5.41) is 1.14. The van der Waals surface area contributed by atoms with Crippen molar-refractivity contribution in [2.45, 2.75) is 18.8 Å². The Morgan fingerprint density at radius 1 is 1.17 bits per heavy atom. The van der Waals surface area contributed by atoms with Gasteiger partial charge in [-0.25, -0.2) is 0 Å². The zero-order chi connectivity index (χ0) is 16.4. The van der Waals surface area contributed by atoms with Gasteiger partial charge in [-0.3, -0.25) is 4.79 Å². The van der Waals surface area contributed by atoms with Gasteiger partial charge in [0.15, 0.2) is 0 Å². The number of fused-ring (bicyclic) bond motifs is 1. The van der Waals surface area contributed by atoms with Gasteiger partial charge in [0.1, 0.15) is 5.75 Å². The Balaban J connectivity index is 2.16. The summed E-state index contributed by atoms with van der Waals surface area (Å²) in [7, 11) is 1.63. The van der Waals surface area contributed by atoms with Crippen LogP contribution in [0.1, 0.15) is 24.5 Å². The van der Waals surface area contributed by atoms with Gasteiger partial charge in [-0.2, -0.15) is 0 Å². The molecule has 118 valence electrons. The minimum absolute atomic E-state index is 0.229. The largest absolute Gasteiger partial charge is 0.497 e. The number of carbonyl (C=O) groups excluding carboxylic acids is 1. The van der Waals surface area contributed by atoms with E-state index in [1.165, 1.54) is 0 Å². The van der Waals surface area contributed by atoms with Gasteiger partial charge in [0.05, 0.1) is 7.11 Å². The van der Waals surface area contributed by atoms with Crippen molar-refractivity contribution in [2.24, 2.45) is 5.73 Å². The molecule has 1 heterocycles. The number of primary amides is 1. The van der Waals surface area contributed by atoms with Crippen molar-refractivity contribution >= 4 is 16.8 Å². The third kappa shape index (κ3) is 2.80. The van der Waals surface area contributed by atoms with Gasteiger partial charge >= 0.3 is 0 Å². The number of rotatable bonds is 5. The van der Waals surface area contributed by atoms with E-state index >= 15 is 0 Å². The molecule has 1 unspecified atom stereocenters. The standard InChI is InChI=1S/C19H20N2O2/c1-19(12-18(20)22,14-4-3-5-16(10-14)23-2)15-7-6-13-8-9-21-17(13)11-15/h3-11,21H,12H2,1-2H3,(H2,20,22). The monoisotopic (exact) mass is 308 g/mol. The molecule has 2 aromatic carbocycles. The van der Waals surface area contributed by atoms with Crippen LogP contribution in [0.2, 0.25) is 0 Å². The van der Waals surface area contributed by atoms with E-state index in [-0.39, 0.29) is 12.3 Å². The van der Waals surface area contributed by atoms with Gasteiger partial charge in [0.25, 0.3) is 0 Å². The zero-order valence-corrected chi connectivity index (χ0v) is 13.3. The summed E-state index contributed by atoms with van der Waals surface area (Å²) in [6.45, 7) is 2.04. The molecule has 23 heavy (non-hydrogen) atoms. The molecule has 0 saturated carbocycles. The van der Waals surface area contributed by atoms with E-state index in [2.05, 4.69) is 23.2 Å². The van der Waals surface area contributed by atoms with Crippen molar-refractivity contribution in [1.82, 2.24) is 4.98 Å². The number of nitrogens with one attached hydrogen (secondary N) is 1. The van der Waals surface area contributed by atoms with Crippen LogP contribution in [0.25, 0.3) is 10.9 Å². The van der Waals surface area contributed by atoms with Crippen LogP contribution in [0.3, 0.4) is 0 Å². The first-order chi connectivity index (χ1) is 11.0. The van der Waals surface area contributed by atoms with Gasteiger partial charge in [-0.15, -0.1) is 0 Å². The van der Waals surface area contributed by atoms with Crippen LogP contribution in [-0.2, 0) is 10.2 Å². The molecule has 0 aliphatic heterocycles. The molecule has 1 atom stereocenters. The number of nitrogens with two attached hydrogens (primary N) is 1. The predicted molar refractivity (Wildman–Crippen MR) is 91.6 cm³/mol. The second kappa shape index (κ2) is 5.80. The minimum Gasteiger partial charge on any atom is -0.497 e. The first kappa shape index (κ1) is 15.2. The lowest BCUT2D eigenvalue weighted by Crippen LogP contribution is -2.30. The number of methoxy groups -OCH3 is 1. The molecule has 0 fully saturated rings. The topological polar surface area (TPSA) is 68.1 Å². The molecule has 0 aliphatic rings. The van der Waals surface area contributed by atoms with Crippen LogP contribution in [0.15, 0.2) is 54.7 Å². The maximum absolute atomic E-state index is 11.7. The van der Waals surface area contributed by atoms with E-state index in [4.69, 9.17) is 10.5 Å². The average Bonchev–Trinajstić information content (AvgIpc) is 3.01. The van der Waals surface area contributed by atoms with Crippen molar-refractivity contribution in [1.29, 1.82) is 0 Å². The first-order valence-electron chi connectivity index (χ1n) is 7.53. The lowest BCUT2D eigenvalue weighted by Gasteiger charge is -2.30. The van der Waals surface area contributed by atoms with Crippen LogP contribution in [0.5, 0.6) is 5.75 Å². The van der Waals surface area contributed by atoms with E-state index < -0.39 is 5.41 Å². The van der Waals surface area contributed by atoms with Crippen LogP contribution in [-0.4, -0.2) is 18.0 Å². The lowest BCUT2D eigenvalue weighted by molar-refractivity contribution is -0.118. The maximum atomic E-state index is 11.7. The number of aromatic nitrogens is 1. The van der Waals surface area contributed by atoms with Crippen LogP contribution < -0.4 is 10.5 Å². The first-order valence-corrected chi connectivity index (χ1v) is 7.53. The molecule has 1 amide bonds. The fourth-order valence-corrected chi connectivity index (χ4v) is 3.08. The Kier molecular flexibility index (Phi) is 3.82. The highest BCUT2D eigenvalue weighted by Gasteiger charge is 2.31. The smallest absolute Gasteiger partial charge is 0.218 e. The van der Waals surface area contributed by atoms with Crippen molar-refractivity contribution in [2.75, 3.05) is 7.11 Å². The quantitative estimate of drug-likeness (QED) is 0.759. The SMILES string of the molecule is COc1cccc(C(C)(CC(N)=O)c2ccc3cc[nH]c3c2)c1. The van der Waals surface area contributed by atoms with Gasteiger partial charge in [0.2, 0.25) is 5.91 Å². The molecule has 4 nitrogen and oxygen atoms in total. The highest BCUT2D eigenvalue weighted by atomic mass is 16.5. The summed E-state index contributed by atoms with van der Waals surface area (Å²) in [6.07, 6.45) is 2.14. The van der Waals surface area contributed by atoms with Gasteiger partial charge in [0, 0.05) is 23.5 Å².